The van der Waals surface area contributed by atoms with Crippen LogP contribution in [0.2, 0.25) is 0 Å². The van der Waals surface area contributed by atoms with Crippen LogP contribution in [0.25, 0.3) is 0 Å². The van der Waals surface area contributed by atoms with Crippen LogP contribution in [0.4, 0.5) is 85.3 Å². The van der Waals surface area contributed by atoms with Gasteiger partial charge in [0.05, 0.1) is 0 Å². The van der Waals surface area contributed by atoms with Crippen LogP contribution in [0.5, 0.6) is 0 Å². The van der Waals surface area contributed by atoms with Gasteiger partial charge in [-0.1, -0.05) is 187 Å². The molecule has 0 saturated heterocycles. The topological polar surface area (TPSA) is 16.2 Å². The number of hydrogen-bond acceptors (Lipinski definition) is 6. The maximum absolute atomic E-state index is 2.69. The summed E-state index contributed by atoms with van der Waals surface area (Å²) in [6, 6.07) is 99.2. The molecule has 20 rings (SSSR count). The molecule has 0 saturated carbocycles. The molecule has 374 valence electrons. The summed E-state index contributed by atoms with van der Waals surface area (Å²) in [5, 5.41) is 0. The summed E-state index contributed by atoms with van der Waals surface area (Å²) in [5.41, 5.74) is 34.8. The Bertz CT molecular complexity index is 4810. The fourth-order valence-corrected chi connectivity index (χ4v) is 17.5. The molecule has 10 heteroatoms. The van der Waals surface area contributed by atoms with Gasteiger partial charge in [0.15, 0.2) is 0 Å². The van der Waals surface area contributed by atoms with Crippen LogP contribution in [-0.4, -0.2) is 26.9 Å². The average Bonchev–Trinajstić information content (AvgIpc) is 1.13. The highest BCUT2D eigenvalue weighted by atomic mass is 32.2. The van der Waals surface area contributed by atoms with Crippen LogP contribution in [0.15, 0.2) is 271 Å². The Kier molecular flexibility index (Phi) is 8.59. The molecule has 0 aromatic heterocycles. The Morgan fingerprint density at radius 3 is 0.902 bits per heavy atom. The summed E-state index contributed by atoms with van der Waals surface area (Å²) in [6.07, 6.45) is 0. The smallest absolute Gasteiger partial charge is 0.252 e. The second kappa shape index (κ2) is 16.0. The number of fused-ring (bicyclic) bond motifs is 20. The van der Waals surface area contributed by atoms with Crippen LogP contribution in [0.3, 0.4) is 0 Å². The van der Waals surface area contributed by atoms with Gasteiger partial charge in [-0.3, -0.25) is 0 Å². The molecule has 0 spiro atoms. The molecule has 0 N–H and O–H groups in total. The summed E-state index contributed by atoms with van der Waals surface area (Å²) in [5.74, 6) is 0. The second-order valence-electron chi connectivity index (χ2n) is 23.0. The lowest BCUT2D eigenvalue weighted by molar-refractivity contribution is 1.22. The molecular formula is C72H43B4N5S. The van der Waals surface area contributed by atoms with Gasteiger partial charge in [-0.2, -0.15) is 0 Å². The molecule has 0 bridgehead atoms. The lowest BCUT2D eigenvalue weighted by atomic mass is 9.27. The highest BCUT2D eigenvalue weighted by molar-refractivity contribution is 8.00. The first-order chi connectivity index (χ1) is 40.8. The first kappa shape index (κ1) is 44.0. The molecule has 0 atom stereocenters. The highest BCUT2D eigenvalue weighted by Crippen LogP contribution is 2.53. The third-order valence-electron chi connectivity index (χ3n) is 19.2. The van der Waals surface area contributed by atoms with E-state index in [9.17, 15) is 0 Å². The Balaban J connectivity index is 0.894. The van der Waals surface area contributed by atoms with Crippen LogP contribution in [0, 0.1) is 0 Å². The third kappa shape index (κ3) is 5.47. The van der Waals surface area contributed by atoms with Crippen molar-refractivity contribution in [3.63, 3.8) is 0 Å². The number of benzene rings is 12. The van der Waals surface area contributed by atoms with E-state index in [2.05, 4.69) is 285 Å². The van der Waals surface area contributed by atoms with Gasteiger partial charge >= 0.3 is 0 Å². The van der Waals surface area contributed by atoms with Crippen molar-refractivity contribution < 1.29 is 0 Å². The van der Waals surface area contributed by atoms with Gasteiger partial charge in [-0.15, -0.1) is 0 Å². The minimum atomic E-state index is -0.0629. The molecule has 82 heavy (non-hydrogen) atoms. The number of hydrogen-bond donors (Lipinski definition) is 0. The Morgan fingerprint density at radius 2 is 0.500 bits per heavy atom. The zero-order valence-electron chi connectivity index (χ0n) is 44.3. The van der Waals surface area contributed by atoms with E-state index in [1.807, 2.05) is 11.8 Å². The lowest BCUT2D eigenvalue weighted by Gasteiger charge is -2.51. The lowest BCUT2D eigenvalue weighted by Crippen LogP contribution is -2.70. The fourth-order valence-electron chi connectivity index (χ4n) is 16.3. The predicted molar refractivity (Wildman–Crippen MR) is 349 cm³/mol. The molecule has 8 heterocycles. The van der Waals surface area contributed by atoms with Gasteiger partial charge in [0.1, 0.15) is 0 Å². The van der Waals surface area contributed by atoms with Gasteiger partial charge < -0.3 is 24.5 Å². The van der Waals surface area contributed by atoms with Crippen molar-refractivity contribution in [1.82, 2.24) is 0 Å². The van der Waals surface area contributed by atoms with E-state index in [0.717, 1.165) is 11.4 Å². The van der Waals surface area contributed by atoms with Crippen molar-refractivity contribution in [3.05, 3.63) is 261 Å². The van der Waals surface area contributed by atoms with E-state index in [1.165, 1.54) is 149 Å². The summed E-state index contributed by atoms with van der Waals surface area (Å²) in [7, 11) is 0. The van der Waals surface area contributed by atoms with Crippen LogP contribution in [-0.2, 0) is 0 Å². The average molecular weight is 1050 g/mol. The second-order valence-corrected chi connectivity index (χ2v) is 24.1. The first-order valence-corrected chi connectivity index (χ1v) is 29.5. The Morgan fingerprint density at radius 1 is 0.207 bits per heavy atom. The van der Waals surface area contributed by atoms with Crippen molar-refractivity contribution in [3.8, 4) is 0 Å². The Hall–Kier alpha value is -9.75. The molecule has 0 amide bonds. The normalized spacial score (nSPS) is 14.8. The van der Waals surface area contributed by atoms with Crippen molar-refractivity contribution in [2.45, 2.75) is 9.79 Å². The van der Waals surface area contributed by atoms with Crippen LogP contribution >= 0.6 is 11.8 Å². The maximum Gasteiger partial charge on any atom is 0.252 e. The van der Waals surface area contributed by atoms with E-state index in [-0.39, 0.29) is 26.9 Å². The highest BCUT2D eigenvalue weighted by Gasteiger charge is 2.54. The zero-order valence-corrected chi connectivity index (χ0v) is 45.1. The molecule has 0 aliphatic carbocycles. The fraction of sp³-hybridized carbons (Fsp3) is 0. The molecule has 0 radical (unpaired) electrons. The van der Waals surface area contributed by atoms with E-state index in [1.54, 1.807) is 0 Å². The van der Waals surface area contributed by atoms with Crippen molar-refractivity contribution >= 4 is 189 Å². The van der Waals surface area contributed by atoms with Crippen molar-refractivity contribution in [1.29, 1.82) is 0 Å². The van der Waals surface area contributed by atoms with Crippen molar-refractivity contribution in [2.24, 2.45) is 0 Å². The molecule has 8 aliphatic heterocycles. The molecular weight excluding hydrogens is 1010 g/mol. The van der Waals surface area contributed by atoms with E-state index >= 15 is 0 Å². The Labute approximate surface area is 481 Å². The van der Waals surface area contributed by atoms with Gasteiger partial charge in [0, 0.05) is 95.1 Å². The van der Waals surface area contributed by atoms with Crippen LogP contribution in [0.1, 0.15) is 0 Å². The number of nitrogens with zero attached hydrogens (tertiary/aromatic N) is 5. The predicted octanol–water partition coefficient (Wildman–Crippen LogP) is 9.76. The molecule has 12 aromatic rings. The molecule has 0 fully saturated rings. The monoisotopic (exact) mass is 1050 g/mol. The third-order valence-corrected chi connectivity index (χ3v) is 20.3. The molecule has 8 aliphatic rings. The molecule has 0 unspecified atom stereocenters. The number of anilines is 15. The van der Waals surface area contributed by atoms with E-state index < -0.39 is 0 Å². The first-order valence-electron chi connectivity index (χ1n) is 28.7. The van der Waals surface area contributed by atoms with Gasteiger partial charge in [0.2, 0.25) is 6.71 Å². The molecule has 12 aromatic carbocycles. The largest absolute Gasteiger partial charge is 0.312 e. The summed E-state index contributed by atoms with van der Waals surface area (Å²) < 4.78 is 0. The van der Waals surface area contributed by atoms with Gasteiger partial charge in [0.25, 0.3) is 20.1 Å². The molecule has 5 nitrogen and oxygen atoms in total. The van der Waals surface area contributed by atoms with Gasteiger partial charge in [-0.05, 0) is 151 Å². The minimum absolute atomic E-state index is 0.0199. The standard InChI is InChI=1S/C72H43B4N5S/c1-4-22-44(23-5-1)77-55-34-16-10-28-47(55)73-49-30-12-18-36-57(49)80-59-38-20-14-32-51(59)75-53-40-54-65(42-61(53)79(46-26-8-3-9-27-46)63-41-62(77)67(73)71(80)68(63)75)82-66-43-64-69-72-70(66)76(54)52-33-15-21-39-60(52)81(72)58-37-19-13-31-50(58)74(69)48-29-11-17-35-56(48)78(64)45-24-6-2-7-25-45/h1-43H. The van der Waals surface area contributed by atoms with Gasteiger partial charge in [-0.25, -0.2) is 0 Å². The summed E-state index contributed by atoms with van der Waals surface area (Å²) >= 11 is 1.97. The number of rotatable bonds is 3. The van der Waals surface area contributed by atoms with Crippen LogP contribution < -0.4 is 90.1 Å². The number of para-hydroxylation sites is 9. The maximum atomic E-state index is 2.69. The summed E-state index contributed by atoms with van der Waals surface area (Å²) in [6.45, 7) is -0.00389. The minimum Gasteiger partial charge on any atom is -0.312 e. The van der Waals surface area contributed by atoms with E-state index in [0.29, 0.717) is 0 Å². The quantitative estimate of drug-likeness (QED) is 0.163. The zero-order chi connectivity index (χ0) is 53.1. The summed E-state index contributed by atoms with van der Waals surface area (Å²) in [4.78, 5) is 15.6. The SMILES string of the molecule is c1ccc(N2c3ccccc3B3c4ccccc4N4c5ccccc5B5c6cc7c(cc6Sc6cc2c3c4c65)N(c2ccccc2)c2cc3c4c5c2B7c2ccccc2N5c2ccccc2B4c2ccccc2N3c2ccccc2)cc1. The van der Waals surface area contributed by atoms with Crippen molar-refractivity contribution in [2.75, 3.05) is 24.5 Å². The van der Waals surface area contributed by atoms with E-state index in [4.69, 9.17) is 0 Å².